The van der Waals surface area contributed by atoms with Crippen LogP contribution in [0.3, 0.4) is 0 Å². The number of nitrogens with zero attached hydrogens (tertiary/aromatic N) is 4. The van der Waals surface area contributed by atoms with Crippen molar-refractivity contribution in [2.24, 2.45) is 24.8 Å². The molecule has 1 N–H and O–H groups in total. The Hall–Kier alpha value is -2.89. The van der Waals surface area contributed by atoms with Crippen LogP contribution in [-0.2, 0) is 7.05 Å². The van der Waals surface area contributed by atoms with Crippen molar-refractivity contribution in [2.75, 3.05) is 13.1 Å². The van der Waals surface area contributed by atoms with Crippen molar-refractivity contribution in [1.29, 1.82) is 0 Å². The summed E-state index contributed by atoms with van der Waals surface area (Å²) in [5.41, 5.74) is 6.24. The Kier molecular flexibility index (Phi) is 11.6. The van der Waals surface area contributed by atoms with E-state index in [1.54, 1.807) is 0 Å². The number of amides is 1. The fourth-order valence-electron chi connectivity index (χ4n) is 4.24. The summed E-state index contributed by atoms with van der Waals surface area (Å²) in [5.74, 6) is 1.95. The van der Waals surface area contributed by atoms with Crippen molar-refractivity contribution >= 4 is 11.5 Å². The average molecular weight is 508 g/mol. The van der Waals surface area contributed by atoms with Crippen LogP contribution in [0.1, 0.15) is 102 Å². The van der Waals surface area contributed by atoms with Gasteiger partial charge in [-0.3, -0.25) is 14.6 Å². The molecule has 0 aliphatic carbocycles. The minimum atomic E-state index is 0.0178. The van der Waals surface area contributed by atoms with Crippen LogP contribution < -0.4 is 0 Å². The van der Waals surface area contributed by atoms with Crippen LogP contribution in [0.5, 0.6) is 0 Å². The van der Waals surface area contributed by atoms with Gasteiger partial charge in [-0.2, -0.15) is 10.2 Å². The quantitative estimate of drug-likeness (QED) is 0.359. The van der Waals surface area contributed by atoms with Gasteiger partial charge in [-0.25, -0.2) is 0 Å². The molecule has 1 aliphatic heterocycles. The van der Waals surface area contributed by atoms with Crippen LogP contribution in [0.2, 0.25) is 0 Å². The molecule has 0 bridgehead atoms. The molecule has 2 aromatic heterocycles. The van der Waals surface area contributed by atoms with Crippen LogP contribution >= 0.6 is 0 Å². The molecule has 0 radical (unpaired) electrons. The maximum absolute atomic E-state index is 13.0. The van der Waals surface area contributed by atoms with Crippen molar-refractivity contribution in [3.8, 4) is 0 Å². The molecule has 1 amide bonds. The number of rotatable bonds is 9. The number of aromatic nitrogens is 4. The molecule has 3 heterocycles. The molecule has 0 aromatic carbocycles. The number of hydrogen-bond donors (Lipinski definition) is 1. The van der Waals surface area contributed by atoms with Gasteiger partial charge in [0.15, 0.2) is 0 Å². The molecule has 0 spiro atoms. The molecular weight excluding hydrogens is 458 g/mol. The summed E-state index contributed by atoms with van der Waals surface area (Å²) in [7, 11) is 1.94. The van der Waals surface area contributed by atoms with Crippen molar-refractivity contribution in [2.45, 2.75) is 80.6 Å². The summed E-state index contributed by atoms with van der Waals surface area (Å²) in [5, 5.41) is 11.6. The summed E-state index contributed by atoms with van der Waals surface area (Å²) < 4.78 is 1.83. The number of carbonyl (C=O) groups is 1. The maximum Gasteiger partial charge on any atom is 0.274 e. The fourth-order valence-corrected chi connectivity index (χ4v) is 4.24. The summed E-state index contributed by atoms with van der Waals surface area (Å²) >= 11 is 0. The Morgan fingerprint density at radius 3 is 2.38 bits per heavy atom. The molecular formula is C31H49N5O. The highest BCUT2D eigenvalue weighted by Crippen LogP contribution is 2.31. The Labute approximate surface area is 224 Å². The van der Waals surface area contributed by atoms with Gasteiger partial charge in [0.2, 0.25) is 0 Å². The van der Waals surface area contributed by atoms with Gasteiger partial charge in [-0.1, -0.05) is 85.3 Å². The first-order valence-corrected chi connectivity index (χ1v) is 13.9. The van der Waals surface area contributed by atoms with E-state index in [-0.39, 0.29) is 5.91 Å². The zero-order chi connectivity index (χ0) is 27.7. The lowest BCUT2D eigenvalue weighted by atomic mass is 9.90. The standard InChI is InChI=1S/C27H39N5O.C4H10/c1-8-19(5)20(6)12-23(24-15-28-31(7)16-24)13-21(9-2)22-10-11-32(17-22)27(33)26-14-25(18(3)4)29-30-26;1-4(2)3/h12-16,18-19,22H,6,8-11,17H2,1-5,7H3,(H,29,30);4H,1-3H3/b21-13+,23-12+;. The van der Waals surface area contributed by atoms with Crippen molar-refractivity contribution in [3.05, 3.63) is 65.3 Å². The Morgan fingerprint density at radius 1 is 1.19 bits per heavy atom. The van der Waals surface area contributed by atoms with Gasteiger partial charge in [0.05, 0.1) is 6.20 Å². The molecule has 204 valence electrons. The van der Waals surface area contributed by atoms with Crippen LogP contribution in [-0.4, -0.2) is 43.9 Å². The van der Waals surface area contributed by atoms with E-state index in [0.29, 0.717) is 23.4 Å². The largest absolute Gasteiger partial charge is 0.337 e. The predicted molar refractivity (Wildman–Crippen MR) is 155 cm³/mol. The number of allylic oxidation sites excluding steroid dienone is 4. The molecule has 2 aromatic rings. The summed E-state index contributed by atoms with van der Waals surface area (Å²) in [4.78, 5) is 15.0. The van der Waals surface area contributed by atoms with Crippen molar-refractivity contribution in [3.63, 3.8) is 0 Å². The zero-order valence-electron chi connectivity index (χ0n) is 24.6. The van der Waals surface area contributed by atoms with Crippen LogP contribution in [0.25, 0.3) is 5.57 Å². The minimum Gasteiger partial charge on any atom is -0.337 e. The third-order valence-electron chi connectivity index (χ3n) is 6.81. The van der Waals surface area contributed by atoms with Gasteiger partial charge in [-0.05, 0) is 54.6 Å². The highest BCUT2D eigenvalue weighted by atomic mass is 16.2. The third kappa shape index (κ3) is 8.87. The zero-order valence-corrected chi connectivity index (χ0v) is 24.6. The lowest BCUT2D eigenvalue weighted by Crippen LogP contribution is -2.29. The molecule has 2 atom stereocenters. The number of H-pyrrole nitrogens is 1. The lowest BCUT2D eigenvalue weighted by molar-refractivity contribution is 0.0783. The van der Waals surface area contributed by atoms with E-state index in [0.717, 1.165) is 60.7 Å². The van der Waals surface area contributed by atoms with E-state index in [2.05, 4.69) is 89.4 Å². The van der Waals surface area contributed by atoms with Gasteiger partial charge in [-0.15, -0.1) is 0 Å². The van der Waals surface area contributed by atoms with E-state index in [1.807, 2.05) is 35.1 Å². The summed E-state index contributed by atoms with van der Waals surface area (Å²) in [6.45, 7) is 23.1. The van der Waals surface area contributed by atoms with E-state index in [1.165, 1.54) is 5.57 Å². The molecule has 2 unspecified atom stereocenters. The van der Waals surface area contributed by atoms with E-state index in [9.17, 15) is 4.79 Å². The number of aromatic amines is 1. The normalized spacial score (nSPS) is 17.3. The third-order valence-corrected chi connectivity index (χ3v) is 6.81. The first kappa shape index (κ1) is 30.3. The first-order valence-electron chi connectivity index (χ1n) is 13.9. The average Bonchev–Trinajstić information content (AvgIpc) is 3.61. The maximum atomic E-state index is 13.0. The van der Waals surface area contributed by atoms with Gasteiger partial charge >= 0.3 is 0 Å². The van der Waals surface area contributed by atoms with E-state index < -0.39 is 0 Å². The van der Waals surface area contributed by atoms with Crippen molar-refractivity contribution < 1.29 is 4.79 Å². The number of aryl methyl sites for hydroxylation is 1. The Balaban J connectivity index is 0.00000112. The summed E-state index contributed by atoms with van der Waals surface area (Å²) in [6, 6.07) is 1.89. The minimum absolute atomic E-state index is 0.0178. The molecule has 37 heavy (non-hydrogen) atoms. The molecule has 6 nitrogen and oxygen atoms in total. The first-order chi connectivity index (χ1) is 17.5. The second-order valence-electron chi connectivity index (χ2n) is 11.3. The molecule has 1 saturated heterocycles. The highest BCUT2D eigenvalue weighted by Gasteiger charge is 2.30. The monoisotopic (exact) mass is 507 g/mol. The van der Waals surface area contributed by atoms with E-state index in [4.69, 9.17) is 0 Å². The molecule has 1 aliphatic rings. The second kappa shape index (κ2) is 14.2. The van der Waals surface area contributed by atoms with E-state index >= 15 is 0 Å². The highest BCUT2D eigenvalue weighted by molar-refractivity contribution is 5.92. The van der Waals surface area contributed by atoms with Crippen molar-refractivity contribution in [1.82, 2.24) is 24.9 Å². The second-order valence-corrected chi connectivity index (χ2v) is 11.3. The number of hydrogen-bond acceptors (Lipinski definition) is 3. The fraction of sp³-hybridized carbons (Fsp3) is 0.581. The number of likely N-dealkylation sites (tertiary alicyclic amines) is 1. The Bertz CT molecular complexity index is 1080. The smallest absolute Gasteiger partial charge is 0.274 e. The van der Waals surface area contributed by atoms with Crippen LogP contribution in [0.4, 0.5) is 0 Å². The lowest BCUT2D eigenvalue weighted by Gasteiger charge is -2.17. The van der Waals surface area contributed by atoms with Crippen LogP contribution in [0, 0.1) is 17.8 Å². The number of nitrogens with one attached hydrogen (secondary N) is 1. The predicted octanol–water partition coefficient (Wildman–Crippen LogP) is 7.41. The van der Waals surface area contributed by atoms with Crippen LogP contribution in [0.15, 0.2) is 48.3 Å². The molecule has 0 saturated carbocycles. The molecule has 3 rings (SSSR count). The Morgan fingerprint density at radius 2 is 1.86 bits per heavy atom. The SMILES string of the molecule is C=C(/C=C(\C=C(/CC)C1CCN(C(=O)c2cc(C(C)C)[nH]n2)C1)c1cnn(C)c1)C(C)CC.CC(C)C. The topological polar surface area (TPSA) is 66.8 Å². The number of carbonyl (C=O) groups excluding carboxylic acids is 1. The van der Waals surface area contributed by atoms with Gasteiger partial charge in [0, 0.05) is 37.6 Å². The van der Waals surface area contributed by atoms with Gasteiger partial charge in [0.1, 0.15) is 5.69 Å². The van der Waals surface area contributed by atoms with Gasteiger partial charge < -0.3 is 4.90 Å². The molecule has 6 heteroatoms. The van der Waals surface area contributed by atoms with Gasteiger partial charge in [0.25, 0.3) is 5.91 Å². The molecule has 1 fully saturated rings. The summed E-state index contributed by atoms with van der Waals surface area (Å²) in [6.07, 6.45) is 11.4.